The van der Waals surface area contributed by atoms with E-state index in [0.29, 0.717) is 11.6 Å². The summed E-state index contributed by atoms with van der Waals surface area (Å²) in [5.74, 6) is 0.945. The number of pyridine rings is 1. The highest BCUT2D eigenvalue weighted by atomic mass is 79.9. The summed E-state index contributed by atoms with van der Waals surface area (Å²) < 4.78 is 5.98. The lowest BCUT2D eigenvalue weighted by molar-refractivity contribution is 0.215. The number of halogens is 1. The topological polar surface area (TPSA) is 51.2 Å². The summed E-state index contributed by atoms with van der Waals surface area (Å²) >= 11 is 3.34. The molecule has 0 radical (unpaired) electrons. The maximum Gasteiger partial charge on any atom is 0.418 e. The molecule has 0 fully saturated rings. The van der Waals surface area contributed by atoms with Crippen molar-refractivity contribution in [1.29, 1.82) is 0 Å². The van der Waals surface area contributed by atoms with Gasteiger partial charge in [0.25, 0.3) is 0 Å². The Morgan fingerprint density at radius 3 is 2.72 bits per heavy atom. The van der Waals surface area contributed by atoms with E-state index in [2.05, 4.69) is 26.2 Å². The normalized spacial score (nSPS) is 9.89. The molecule has 1 aromatic heterocycles. The number of hydrogen-bond donors (Lipinski definition) is 1. The molecule has 18 heavy (non-hydrogen) atoms. The molecule has 92 valence electrons. The Morgan fingerprint density at radius 1 is 1.33 bits per heavy atom. The van der Waals surface area contributed by atoms with Gasteiger partial charge in [0.05, 0.1) is 0 Å². The number of hydrogen-bond acceptors (Lipinski definition) is 3. The SMILES string of the molecule is Cc1cc(NC(=O)Oc2ccccc2)ncc1Br. The number of para-hydroxylation sites is 1. The molecule has 1 N–H and O–H groups in total. The number of carbonyl (C=O) groups is 1. The monoisotopic (exact) mass is 306 g/mol. The van der Waals surface area contributed by atoms with Gasteiger partial charge < -0.3 is 4.74 Å². The van der Waals surface area contributed by atoms with Gasteiger partial charge in [0.15, 0.2) is 0 Å². The highest BCUT2D eigenvalue weighted by Gasteiger charge is 2.06. The largest absolute Gasteiger partial charge is 0.418 e. The molecular formula is C13H11BrN2O2. The minimum atomic E-state index is -0.560. The summed E-state index contributed by atoms with van der Waals surface area (Å²) in [5, 5.41) is 2.57. The number of carbonyl (C=O) groups excluding carboxylic acids is 1. The van der Waals surface area contributed by atoms with E-state index in [1.54, 1.807) is 36.5 Å². The Labute approximate surface area is 113 Å². The van der Waals surface area contributed by atoms with Crippen LogP contribution in [0.3, 0.4) is 0 Å². The van der Waals surface area contributed by atoms with E-state index in [9.17, 15) is 4.79 Å². The standard InChI is InChI=1S/C13H11BrN2O2/c1-9-7-12(15-8-11(9)14)16-13(17)18-10-5-3-2-4-6-10/h2-8H,1H3,(H,15,16,17). The first kappa shape index (κ1) is 12.6. The Hall–Kier alpha value is -1.88. The average molecular weight is 307 g/mol. The van der Waals surface area contributed by atoms with Gasteiger partial charge in [-0.15, -0.1) is 0 Å². The smallest absolute Gasteiger partial charge is 0.410 e. The predicted molar refractivity (Wildman–Crippen MR) is 72.8 cm³/mol. The summed E-state index contributed by atoms with van der Waals surface area (Å²) in [4.78, 5) is 15.7. The fraction of sp³-hybridized carbons (Fsp3) is 0.0769. The van der Waals surface area contributed by atoms with Crippen LogP contribution in [-0.4, -0.2) is 11.1 Å². The lowest BCUT2D eigenvalue weighted by Crippen LogP contribution is -2.17. The molecule has 0 aliphatic heterocycles. The first-order chi connectivity index (χ1) is 8.65. The molecule has 0 saturated carbocycles. The van der Waals surface area contributed by atoms with Crippen molar-refractivity contribution in [3.63, 3.8) is 0 Å². The molecule has 0 bridgehead atoms. The molecule has 2 rings (SSSR count). The van der Waals surface area contributed by atoms with Crippen LogP contribution in [-0.2, 0) is 0 Å². The van der Waals surface area contributed by atoms with Gasteiger partial charge >= 0.3 is 6.09 Å². The Balaban J connectivity index is 2.01. The van der Waals surface area contributed by atoms with Gasteiger partial charge in [-0.2, -0.15) is 0 Å². The third kappa shape index (κ3) is 3.30. The van der Waals surface area contributed by atoms with Crippen molar-refractivity contribution in [2.24, 2.45) is 0 Å². The highest BCUT2D eigenvalue weighted by Crippen LogP contribution is 2.17. The van der Waals surface area contributed by atoms with Gasteiger partial charge in [0.1, 0.15) is 11.6 Å². The minimum absolute atomic E-state index is 0.455. The van der Waals surface area contributed by atoms with E-state index in [4.69, 9.17) is 4.74 Å². The highest BCUT2D eigenvalue weighted by molar-refractivity contribution is 9.10. The van der Waals surface area contributed by atoms with E-state index in [1.165, 1.54) is 0 Å². The van der Waals surface area contributed by atoms with E-state index in [1.807, 2.05) is 13.0 Å². The second kappa shape index (κ2) is 5.64. The first-order valence-electron chi connectivity index (χ1n) is 5.31. The number of amides is 1. The van der Waals surface area contributed by atoms with Crippen LogP contribution in [0, 0.1) is 6.92 Å². The number of anilines is 1. The molecule has 0 atom stereocenters. The molecule has 2 aromatic rings. The van der Waals surface area contributed by atoms with Gasteiger partial charge in [-0.1, -0.05) is 18.2 Å². The molecule has 0 aliphatic carbocycles. The number of nitrogens with zero attached hydrogens (tertiary/aromatic N) is 1. The number of ether oxygens (including phenoxy) is 1. The zero-order chi connectivity index (χ0) is 13.0. The molecule has 0 unspecified atom stereocenters. The number of rotatable bonds is 2. The maximum atomic E-state index is 11.6. The maximum absolute atomic E-state index is 11.6. The molecule has 5 heteroatoms. The van der Waals surface area contributed by atoms with Crippen LogP contribution in [0.5, 0.6) is 5.75 Å². The summed E-state index contributed by atoms with van der Waals surface area (Å²) in [7, 11) is 0. The molecule has 0 aliphatic rings. The molecule has 0 saturated heterocycles. The molecular weight excluding hydrogens is 296 g/mol. The lowest BCUT2D eigenvalue weighted by atomic mass is 10.3. The van der Waals surface area contributed by atoms with Crippen LogP contribution in [0.25, 0.3) is 0 Å². The lowest BCUT2D eigenvalue weighted by Gasteiger charge is -2.06. The van der Waals surface area contributed by atoms with Crippen molar-refractivity contribution in [2.75, 3.05) is 5.32 Å². The van der Waals surface area contributed by atoms with E-state index < -0.39 is 6.09 Å². The van der Waals surface area contributed by atoms with Crippen molar-refractivity contribution in [1.82, 2.24) is 4.98 Å². The Bertz CT molecular complexity index is 558. The van der Waals surface area contributed by atoms with Crippen LogP contribution in [0.4, 0.5) is 10.6 Å². The molecule has 1 heterocycles. The van der Waals surface area contributed by atoms with Crippen molar-refractivity contribution in [2.45, 2.75) is 6.92 Å². The molecule has 4 nitrogen and oxygen atoms in total. The van der Waals surface area contributed by atoms with Crippen molar-refractivity contribution in [3.8, 4) is 5.75 Å². The number of aromatic nitrogens is 1. The van der Waals surface area contributed by atoms with Crippen molar-refractivity contribution in [3.05, 3.63) is 52.6 Å². The van der Waals surface area contributed by atoms with Crippen LogP contribution in [0.15, 0.2) is 47.1 Å². The summed E-state index contributed by atoms with van der Waals surface area (Å²) in [6.45, 7) is 1.92. The average Bonchev–Trinajstić information content (AvgIpc) is 2.35. The van der Waals surface area contributed by atoms with Crippen LogP contribution < -0.4 is 10.1 Å². The number of nitrogens with one attached hydrogen (secondary N) is 1. The third-order valence-corrected chi connectivity index (χ3v) is 3.06. The van der Waals surface area contributed by atoms with Crippen molar-refractivity contribution < 1.29 is 9.53 Å². The van der Waals surface area contributed by atoms with Crippen molar-refractivity contribution >= 4 is 27.8 Å². The van der Waals surface area contributed by atoms with Crippen LogP contribution in [0.1, 0.15) is 5.56 Å². The zero-order valence-electron chi connectivity index (χ0n) is 9.68. The summed E-state index contributed by atoms with van der Waals surface area (Å²) in [6.07, 6.45) is 1.07. The van der Waals surface area contributed by atoms with Crippen LogP contribution in [0.2, 0.25) is 0 Å². The van der Waals surface area contributed by atoms with E-state index in [-0.39, 0.29) is 0 Å². The Morgan fingerprint density at radius 2 is 2.06 bits per heavy atom. The number of benzene rings is 1. The predicted octanol–water partition coefficient (Wildman–Crippen LogP) is 3.76. The number of aryl methyl sites for hydroxylation is 1. The van der Waals surface area contributed by atoms with Crippen LogP contribution >= 0.6 is 15.9 Å². The fourth-order valence-corrected chi connectivity index (χ4v) is 1.55. The van der Waals surface area contributed by atoms with Gasteiger partial charge in [0, 0.05) is 10.7 Å². The first-order valence-corrected chi connectivity index (χ1v) is 6.10. The molecule has 0 spiro atoms. The zero-order valence-corrected chi connectivity index (χ0v) is 11.3. The van der Waals surface area contributed by atoms with E-state index in [0.717, 1.165) is 10.0 Å². The fourth-order valence-electron chi connectivity index (χ4n) is 1.33. The van der Waals surface area contributed by atoms with Gasteiger partial charge in [-0.25, -0.2) is 9.78 Å². The third-order valence-electron chi connectivity index (χ3n) is 2.23. The second-order valence-electron chi connectivity index (χ2n) is 3.65. The van der Waals surface area contributed by atoms with Gasteiger partial charge in [0.2, 0.25) is 0 Å². The minimum Gasteiger partial charge on any atom is -0.410 e. The van der Waals surface area contributed by atoms with Gasteiger partial charge in [-0.3, -0.25) is 5.32 Å². The molecule has 1 aromatic carbocycles. The Kier molecular flexibility index (Phi) is 3.94. The second-order valence-corrected chi connectivity index (χ2v) is 4.50. The summed E-state index contributed by atoms with van der Waals surface area (Å²) in [5.41, 5.74) is 0.986. The summed E-state index contributed by atoms with van der Waals surface area (Å²) in [6, 6.07) is 10.6. The quantitative estimate of drug-likeness (QED) is 0.919. The van der Waals surface area contributed by atoms with E-state index >= 15 is 0 Å². The van der Waals surface area contributed by atoms with Gasteiger partial charge in [-0.05, 0) is 46.6 Å². The molecule has 1 amide bonds.